The third-order valence-electron chi connectivity index (χ3n) is 4.62. The molecule has 3 nitrogen and oxygen atoms in total. The van der Waals surface area contributed by atoms with Crippen LogP contribution in [0.1, 0.15) is 56.1 Å². The minimum atomic E-state index is 0.247. The third-order valence-corrected chi connectivity index (χ3v) is 4.62. The Bertz CT molecular complexity index is 637. The van der Waals surface area contributed by atoms with Crippen LogP contribution >= 0.6 is 0 Å². The van der Waals surface area contributed by atoms with Crippen molar-refractivity contribution in [2.75, 3.05) is 0 Å². The molecule has 1 aliphatic heterocycles. The lowest BCUT2D eigenvalue weighted by atomic mass is 9.98. The summed E-state index contributed by atoms with van der Waals surface area (Å²) in [4.78, 5) is 4.92. The first-order valence-electron chi connectivity index (χ1n) is 7.90. The number of fused-ring (bicyclic) bond motifs is 1. The van der Waals surface area contributed by atoms with Crippen molar-refractivity contribution in [3.05, 3.63) is 41.3 Å². The van der Waals surface area contributed by atoms with E-state index < -0.39 is 0 Å². The minimum Gasteiger partial charge on any atom is -0.330 e. The number of nitrogens with two attached hydrogens (primary N) is 1. The molecule has 21 heavy (non-hydrogen) atoms. The van der Waals surface area contributed by atoms with Crippen LogP contribution in [0.3, 0.4) is 0 Å². The summed E-state index contributed by atoms with van der Waals surface area (Å²) < 4.78 is 2.31. The second-order valence-electron chi connectivity index (χ2n) is 6.69. The van der Waals surface area contributed by atoms with E-state index >= 15 is 0 Å². The molecule has 1 aromatic carbocycles. The van der Waals surface area contributed by atoms with E-state index in [0.717, 1.165) is 18.7 Å². The summed E-state index contributed by atoms with van der Waals surface area (Å²) in [5, 5.41) is 0. The van der Waals surface area contributed by atoms with Gasteiger partial charge in [-0.15, -0.1) is 0 Å². The van der Waals surface area contributed by atoms with Gasteiger partial charge in [0.25, 0.3) is 0 Å². The highest BCUT2D eigenvalue weighted by molar-refractivity contribution is 5.63. The molecule has 2 N–H and O–H groups in total. The first kappa shape index (κ1) is 14.3. The summed E-state index contributed by atoms with van der Waals surface area (Å²) >= 11 is 0. The molecular formula is C18H25N3. The van der Waals surface area contributed by atoms with Gasteiger partial charge < -0.3 is 10.3 Å². The highest BCUT2D eigenvalue weighted by Crippen LogP contribution is 2.32. The zero-order valence-corrected chi connectivity index (χ0v) is 13.4. The maximum Gasteiger partial charge on any atom is 0.112 e. The van der Waals surface area contributed by atoms with E-state index in [-0.39, 0.29) is 6.04 Å². The zero-order chi connectivity index (χ0) is 15.1. The lowest BCUT2D eigenvalue weighted by Gasteiger charge is -2.26. The van der Waals surface area contributed by atoms with Crippen molar-refractivity contribution in [3.63, 3.8) is 0 Å². The molecule has 1 aliphatic rings. The van der Waals surface area contributed by atoms with E-state index in [9.17, 15) is 0 Å². The largest absolute Gasteiger partial charge is 0.330 e. The molecule has 2 heterocycles. The van der Waals surface area contributed by atoms with Crippen LogP contribution in [0.15, 0.2) is 24.3 Å². The van der Waals surface area contributed by atoms with Crippen LogP contribution in [0.25, 0.3) is 11.3 Å². The van der Waals surface area contributed by atoms with Crippen molar-refractivity contribution in [3.8, 4) is 11.3 Å². The summed E-state index contributed by atoms with van der Waals surface area (Å²) in [6.07, 6.45) is 1.03. The minimum absolute atomic E-state index is 0.247. The SMILES string of the molecule is Cc1c(-c2ccc(C(C)C)cc2)nc2n1CC(N)CC2C. The average Bonchev–Trinajstić information content (AvgIpc) is 2.77. The first-order chi connectivity index (χ1) is 9.97. The highest BCUT2D eigenvalue weighted by Gasteiger charge is 2.26. The summed E-state index contributed by atoms with van der Waals surface area (Å²) in [5.41, 5.74) is 11.1. The quantitative estimate of drug-likeness (QED) is 0.910. The molecule has 0 saturated carbocycles. The highest BCUT2D eigenvalue weighted by atomic mass is 15.1. The number of imidazole rings is 1. The Kier molecular flexibility index (Phi) is 3.62. The standard InChI is InChI=1S/C18H25N3/c1-11(2)14-5-7-15(8-6-14)17-13(4)21-10-16(19)9-12(3)18(21)20-17/h5-8,11-12,16H,9-10,19H2,1-4H3. The monoisotopic (exact) mass is 283 g/mol. The fourth-order valence-electron chi connectivity index (χ4n) is 3.33. The smallest absolute Gasteiger partial charge is 0.112 e. The summed E-state index contributed by atoms with van der Waals surface area (Å²) in [5.74, 6) is 2.20. The Hall–Kier alpha value is -1.61. The predicted octanol–water partition coefficient (Wildman–Crippen LogP) is 3.82. The van der Waals surface area contributed by atoms with Crippen LogP contribution in [0.5, 0.6) is 0 Å². The van der Waals surface area contributed by atoms with Crippen LogP contribution in [0, 0.1) is 6.92 Å². The molecule has 1 aromatic heterocycles. The van der Waals surface area contributed by atoms with Crippen molar-refractivity contribution >= 4 is 0 Å². The number of hydrogen-bond acceptors (Lipinski definition) is 2. The predicted molar refractivity (Wildman–Crippen MR) is 87.5 cm³/mol. The molecular weight excluding hydrogens is 258 g/mol. The molecule has 0 aliphatic carbocycles. The molecule has 3 rings (SSSR count). The van der Waals surface area contributed by atoms with Gasteiger partial charge in [0.2, 0.25) is 0 Å². The van der Waals surface area contributed by atoms with Crippen LogP contribution in [0.4, 0.5) is 0 Å². The average molecular weight is 283 g/mol. The number of hydrogen-bond donors (Lipinski definition) is 1. The molecule has 112 valence electrons. The molecule has 0 saturated heterocycles. The second-order valence-corrected chi connectivity index (χ2v) is 6.69. The van der Waals surface area contributed by atoms with Crippen molar-refractivity contribution in [1.82, 2.24) is 9.55 Å². The van der Waals surface area contributed by atoms with Gasteiger partial charge in [0, 0.05) is 29.8 Å². The third kappa shape index (κ3) is 2.51. The van der Waals surface area contributed by atoms with Gasteiger partial charge in [-0.2, -0.15) is 0 Å². The van der Waals surface area contributed by atoms with Gasteiger partial charge >= 0.3 is 0 Å². The van der Waals surface area contributed by atoms with E-state index in [1.54, 1.807) is 0 Å². The molecule has 0 spiro atoms. The summed E-state index contributed by atoms with van der Waals surface area (Å²) in [6.45, 7) is 9.72. The lowest BCUT2D eigenvalue weighted by molar-refractivity contribution is 0.403. The Morgan fingerprint density at radius 3 is 2.52 bits per heavy atom. The van der Waals surface area contributed by atoms with Crippen molar-refractivity contribution in [1.29, 1.82) is 0 Å². The van der Waals surface area contributed by atoms with Gasteiger partial charge in [0.05, 0.1) is 5.69 Å². The van der Waals surface area contributed by atoms with E-state index in [1.807, 2.05) is 0 Å². The van der Waals surface area contributed by atoms with Gasteiger partial charge in [-0.05, 0) is 24.8 Å². The lowest BCUT2D eigenvalue weighted by Crippen LogP contribution is -2.34. The first-order valence-corrected chi connectivity index (χ1v) is 7.90. The van der Waals surface area contributed by atoms with Gasteiger partial charge in [-0.1, -0.05) is 45.0 Å². The number of nitrogens with zero attached hydrogens (tertiary/aromatic N) is 2. The van der Waals surface area contributed by atoms with E-state index in [0.29, 0.717) is 11.8 Å². The molecule has 0 amide bonds. The van der Waals surface area contributed by atoms with Crippen LogP contribution < -0.4 is 5.73 Å². The second kappa shape index (κ2) is 5.30. The topological polar surface area (TPSA) is 43.8 Å². The molecule has 2 aromatic rings. The van der Waals surface area contributed by atoms with Crippen LogP contribution in [0.2, 0.25) is 0 Å². The van der Waals surface area contributed by atoms with Gasteiger partial charge in [-0.3, -0.25) is 0 Å². The Morgan fingerprint density at radius 2 is 1.90 bits per heavy atom. The molecule has 2 atom stereocenters. The van der Waals surface area contributed by atoms with Crippen LogP contribution in [-0.4, -0.2) is 15.6 Å². The molecule has 0 fully saturated rings. The maximum absolute atomic E-state index is 6.16. The molecule has 0 bridgehead atoms. The Balaban J connectivity index is 2.02. The Labute approximate surface area is 127 Å². The fourth-order valence-corrected chi connectivity index (χ4v) is 3.33. The van der Waals surface area contributed by atoms with Crippen LogP contribution in [-0.2, 0) is 6.54 Å². The Morgan fingerprint density at radius 1 is 1.24 bits per heavy atom. The summed E-state index contributed by atoms with van der Waals surface area (Å²) in [6, 6.07) is 9.07. The maximum atomic E-state index is 6.16. The van der Waals surface area contributed by atoms with Gasteiger partial charge in [0.15, 0.2) is 0 Å². The zero-order valence-electron chi connectivity index (χ0n) is 13.4. The van der Waals surface area contributed by atoms with E-state index in [2.05, 4.69) is 56.5 Å². The molecule has 0 radical (unpaired) electrons. The molecule has 2 unspecified atom stereocenters. The van der Waals surface area contributed by atoms with Crippen molar-refractivity contribution in [2.24, 2.45) is 5.73 Å². The number of rotatable bonds is 2. The fraction of sp³-hybridized carbons (Fsp3) is 0.500. The summed E-state index contributed by atoms with van der Waals surface area (Å²) in [7, 11) is 0. The van der Waals surface area contributed by atoms with E-state index in [4.69, 9.17) is 10.7 Å². The van der Waals surface area contributed by atoms with Crippen molar-refractivity contribution in [2.45, 2.75) is 58.5 Å². The normalized spacial score (nSPS) is 21.6. The van der Waals surface area contributed by atoms with Gasteiger partial charge in [-0.25, -0.2) is 4.98 Å². The number of benzene rings is 1. The number of aromatic nitrogens is 2. The van der Waals surface area contributed by atoms with Crippen molar-refractivity contribution < 1.29 is 0 Å². The van der Waals surface area contributed by atoms with E-state index in [1.165, 1.54) is 22.6 Å². The molecule has 3 heteroatoms. The van der Waals surface area contributed by atoms with Gasteiger partial charge in [0.1, 0.15) is 5.82 Å².